The zero-order valence-electron chi connectivity index (χ0n) is 11.0. The molecule has 3 nitrogen and oxygen atoms in total. The fraction of sp³-hybridized carbons (Fsp3) is 0.467. The van der Waals surface area contributed by atoms with Crippen LogP contribution < -0.4 is 0 Å². The summed E-state index contributed by atoms with van der Waals surface area (Å²) in [4.78, 5) is 13.2. The average Bonchev–Trinajstić information content (AvgIpc) is 2.99. The van der Waals surface area contributed by atoms with Crippen molar-refractivity contribution >= 4 is 11.3 Å². The lowest BCUT2D eigenvalue weighted by atomic mass is 9.99. The summed E-state index contributed by atoms with van der Waals surface area (Å²) in [6.45, 7) is 3.07. The van der Waals surface area contributed by atoms with Gasteiger partial charge in [0.05, 0.1) is 5.69 Å². The van der Waals surface area contributed by atoms with Crippen LogP contribution in [0.2, 0.25) is 0 Å². The van der Waals surface area contributed by atoms with Crippen molar-refractivity contribution in [3.05, 3.63) is 45.7 Å². The van der Waals surface area contributed by atoms with Crippen molar-refractivity contribution in [1.82, 2.24) is 14.9 Å². The van der Waals surface area contributed by atoms with Crippen LogP contribution in [0.25, 0.3) is 0 Å². The van der Waals surface area contributed by atoms with Crippen LogP contribution in [0.3, 0.4) is 0 Å². The Labute approximate surface area is 117 Å². The van der Waals surface area contributed by atoms with Gasteiger partial charge >= 0.3 is 0 Å². The Morgan fingerprint density at radius 1 is 1.42 bits per heavy atom. The van der Waals surface area contributed by atoms with Crippen LogP contribution in [0.15, 0.2) is 23.7 Å². The number of rotatable bonds is 2. The van der Waals surface area contributed by atoms with E-state index in [0.717, 1.165) is 18.8 Å². The monoisotopic (exact) mass is 271 g/mol. The molecule has 2 atom stereocenters. The molecule has 4 heteroatoms. The zero-order valence-corrected chi connectivity index (χ0v) is 11.9. The molecule has 4 rings (SSSR count). The minimum Gasteiger partial charge on any atom is -0.288 e. The number of hydrogen-bond acceptors (Lipinski definition) is 4. The lowest BCUT2D eigenvalue weighted by molar-refractivity contribution is 0.167. The third-order valence-electron chi connectivity index (χ3n) is 4.37. The first-order valence-electron chi connectivity index (χ1n) is 6.92. The minimum atomic E-state index is 0.538. The van der Waals surface area contributed by atoms with Crippen LogP contribution in [0.1, 0.15) is 40.8 Å². The molecule has 0 amide bonds. The maximum absolute atomic E-state index is 4.65. The van der Waals surface area contributed by atoms with Gasteiger partial charge in [0, 0.05) is 41.7 Å². The van der Waals surface area contributed by atoms with E-state index in [1.165, 1.54) is 29.0 Å². The van der Waals surface area contributed by atoms with Crippen LogP contribution in [0, 0.1) is 6.92 Å². The first-order valence-corrected chi connectivity index (χ1v) is 7.80. The van der Waals surface area contributed by atoms with Crippen molar-refractivity contribution in [2.24, 2.45) is 0 Å². The molecule has 0 aliphatic carbocycles. The Hall–Kier alpha value is -1.26. The maximum Gasteiger partial charge on any atom is 0.125 e. The summed E-state index contributed by atoms with van der Waals surface area (Å²) in [6, 6.07) is 5.60. The van der Waals surface area contributed by atoms with E-state index < -0.39 is 0 Å². The molecular formula is C15H17N3S. The summed E-state index contributed by atoms with van der Waals surface area (Å²) in [5.41, 5.74) is 2.67. The van der Waals surface area contributed by atoms with Crippen molar-refractivity contribution in [2.45, 2.75) is 44.8 Å². The summed E-state index contributed by atoms with van der Waals surface area (Å²) in [7, 11) is 0. The van der Waals surface area contributed by atoms with Gasteiger partial charge in [0.2, 0.25) is 0 Å². The van der Waals surface area contributed by atoms with E-state index >= 15 is 0 Å². The molecule has 2 bridgehead atoms. The number of thiophene rings is 1. The van der Waals surface area contributed by atoms with E-state index in [-0.39, 0.29) is 0 Å². The average molecular weight is 271 g/mol. The van der Waals surface area contributed by atoms with Gasteiger partial charge in [-0.05, 0) is 31.2 Å². The molecule has 1 saturated heterocycles. The predicted octanol–water partition coefficient (Wildman–Crippen LogP) is 3.11. The molecule has 2 aromatic heterocycles. The highest BCUT2D eigenvalue weighted by molar-refractivity contribution is 7.09. The van der Waals surface area contributed by atoms with Crippen molar-refractivity contribution in [3.63, 3.8) is 0 Å². The van der Waals surface area contributed by atoms with E-state index in [4.69, 9.17) is 0 Å². The Bertz CT molecular complexity index is 593. The van der Waals surface area contributed by atoms with Gasteiger partial charge in [0.1, 0.15) is 5.82 Å². The zero-order chi connectivity index (χ0) is 12.8. The molecule has 2 aliphatic heterocycles. The van der Waals surface area contributed by atoms with Crippen LogP contribution in [0.4, 0.5) is 0 Å². The van der Waals surface area contributed by atoms with Crippen LogP contribution in [-0.4, -0.2) is 20.9 Å². The second-order valence-corrected chi connectivity index (χ2v) is 6.55. The highest BCUT2D eigenvalue weighted by Crippen LogP contribution is 2.43. The van der Waals surface area contributed by atoms with E-state index in [9.17, 15) is 0 Å². The van der Waals surface area contributed by atoms with Crippen molar-refractivity contribution in [2.75, 3.05) is 0 Å². The molecule has 0 radical (unpaired) electrons. The van der Waals surface area contributed by atoms with Gasteiger partial charge in [-0.1, -0.05) is 6.07 Å². The molecule has 0 saturated carbocycles. The first kappa shape index (κ1) is 11.6. The second kappa shape index (κ2) is 4.39. The first-order chi connectivity index (χ1) is 9.31. The SMILES string of the molecule is Cc1ncc2c(n1)C[C@H]1CC[C@H]2N1Cc1cccs1. The van der Waals surface area contributed by atoms with Crippen molar-refractivity contribution < 1.29 is 0 Å². The van der Waals surface area contributed by atoms with E-state index in [1.54, 1.807) is 0 Å². The van der Waals surface area contributed by atoms with Crippen LogP contribution >= 0.6 is 11.3 Å². The normalized spacial score (nSPS) is 25.5. The molecule has 0 N–H and O–H groups in total. The smallest absolute Gasteiger partial charge is 0.125 e. The highest BCUT2D eigenvalue weighted by atomic mass is 32.1. The van der Waals surface area contributed by atoms with E-state index in [1.807, 2.05) is 18.3 Å². The maximum atomic E-state index is 4.65. The van der Waals surface area contributed by atoms with Gasteiger partial charge < -0.3 is 0 Å². The Morgan fingerprint density at radius 3 is 3.21 bits per heavy atom. The standard InChI is InChI=1S/C15H17N3S/c1-10-16-8-13-14(17-10)7-11-4-5-15(13)18(11)9-12-3-2-6-19-12/h2-3,6,8,11,15H,4-5,7,9H2,1H3/t11-,15-/m1/s1. The summed E-state index contributed by atoms with van der Waals surface area (Å²) in [5.74, 6) is 0.907. The van der Waals surface area contributed by atoms with Crippen molar-refractivity contribution in [1.29, 1.82) is 0 Å². The molecule has 2 aromatic rings. The number of aryl methyl sites for hydroxylation is 1. The molecular weight excluding hydrogens is 254 g/mol. The number of nitrogens with zero attached hydrogens (tertiary/aromatic N) is 3. The Morgan fingerprint density at radius 2 is 2.37 bits per heavy atom. The number of aromatic nitrogens is 2. The van der Waals surface area contributed by atoms with E-state index in [2.05, 4.69) is 38.6 Å². The summed E-state index contributed by atoms with van der Waals surface area (Å²) >= 11 is 1.86. The highest BCUT2D eigenvalue weighted by Gasteiger charge is 2.40. The molecule has 0 aromatic carbocycles. The molecule has 0 spiro atoms. The van der Waals surface area contributed by atoms with E-state index in [0.29, 0.717) is 12.1 Å². The third kappa shape index (κ3) is 1.90. The number of hydrogen-bond donors (Lipinski definition) is 0. The van der Waals surface area contributed by atoms with Crippen LogP contribution in [0.5, 0.6) is 0 Å². The van der Waals surface area contributed by atoms with Gasteiger partial charge in [-0.25, -0.2) is 9.97 Å². The molecule has 2 aliphatic rings. The molecule has 0 unspecified atom stereocenters. The fourth-order valence-electron chi connectivity index (χ4n) is 3.50. The predicted molar refractivity (Wildman–Crippen MR) is 76.1 cm³/mol. The summed E-state index contributed by atoms with van der Waals surface area (Å²) in [5, 5.41) is 2.17. The second-order valence-electron chi connectivity index (χ2n) is 5.52. The fourth-order valence-corrected chi connectivity index (χ4v) is 4.22. The van der Waals surface area contributed by atoms with Crippen LogP contribution in [-0.2, 0) is 13.0 Å². The Balaban J connectivity index is 1.68. The van der Waals surface area contributed by atoms with Gasteiger partial charge in [0.25, 0.3) is 0 Å². The van der Waals surface area contributed by atoms with Crippen molar-refractivity contribution in [3.8, 4) is 0 Å². The third-order valence-corrected chi connectivity index (χ3v) is 5.23. The molecule has 4 heterocycles. The topological polar surface area (TPSA) is 29.0 Å². The summed E-state index contributed by atoms with van der Waals surface area (Å²) in [6.07, 6.45) is 5.72. The molecule has 19 heavy (non-hydrogen) atoms. The lowest BCUT2D eigenvalue weighted by Gasteiger charge is -2.35. The van der Waals surface area contributed by atoms with Gasteiger partial charge in [-0.3, -0.25) is 4.90 Å². The largest absolute Gasteiger partial charge is 0.288 e. The molecule has 1 fully saturated rings. The lowest BCUT2D eigenvalue weighted by Crippen LogP contribution is -2.37. The Kier molecular flexibility index (Phi) is 2.67. The van der Waals surface area contributed by atoms with Gasteiger partial charge in [-0.2, -0.15) is 0 Å². The summed E-state index contributed by atoms with van der Waals surface area (Å²) < 4.78 is 0. The molecule has 98 valence electrons. The van der Waals surface area contributed by atoms with Gasteiger partial charge in [-0.15, -0.1) is 11.3 Å². The quantitative estimate of drug-likeness (QED) is 0.840. The minimum absolute atomic E-state index is 0.538. The number of fused-ring (bicyclic) bond motifs is 4. The van der Waals surface area contributed by atoms with Gasteiger partial charge in [0.15, 0.2) is 0 Å².